The first-order valence-electron chi connectivity index (χ1n) is 1.06. The summed E-state index contributed by atoms with van der Waals surface area (Å²) in [5, 5.41) is 0. The maximum atomic E-state index is 8.67. The Hall–Kier alpha value is 0.1000. The summed E-state index contributed by atoms with van der Waals surface area (Å²) in [6.45, 7) is 0. The molecule has 0 unspecified atom stereocenters. The quantitative estimate of drug-likeness (QED) is 0.317. The van der Waals surface area contributed by atoms with Crippen LogP contribution in [-0.2, 0) is 22.7 Å². The topological polar surface area (TPSA) is 150 Å². The minimum Gasteiger partial charge on any atom is -0.344 e. The van der Waals surface area contributed by atoms with Crippen LogP contribution in [0.5, 0.6) is 0 Å². The van der Waals surface area contributed by atoms with Crippen LogP contribution in [-0.4, -0.2) is 26.6 Å². The van der Waals surface area contributed by atoms with Crippen molar-refractivity contribution in [2.24, 2.45) is 0 Å². The first kappa shape index (κ1) is 16.0. The molecule has 0 bridgehead atoms. The molecule has 0 aromatic rings. The van der Waals surface area contributed by atoms with Crippen LogP contribution in [0.1, 0.15) is 0 Å². The van der Waals surface area contributed by atoms with Crippen LogP contribution in [0.25, 0.3) is 0 Å². The van der Waals surface area contributed by atoms with E-state index in [1.165, 1.54) is 0 Å². The van der Waals surface area contributed by atoms with Crippen molar-refractivity contribution >= 4 is 22.7 Å². The van der Waals surface area contributed by atoms with Gasteiger partial charge in [0.2, 0.25) is 0 Å². The van der Waals surface area contributed by atoms with Crippen LogP contribution < -0.4 is 6.15 Å². The van der Waals surface area contributed by atoms with Gasteiger partial charge >= 0.3 is 0 Å². The summed E-state index contributed by atoms with van der Waals surface area (Å²) in [5.74, 6) is 0. The summed E-state index contributed by atoms with van der Waals surface area (Å²) in [7, 11) is 0. The van der Waals surface area contributed by atoms with Gasteiger partial charge in [-0.25, -0.2) is 0 Å². The molecule has 0 atom stereocenters. The lowest BCUT2D eigenvalue weighted by molar-refractivity contribution is 0.452. The Kier molecular flexibility index (Phi) is 19.6. The predicted octanol–water partition coefficient (Wildman–Crippen LogP) is -0.476. The Balaban J connectivity index is -0.0000000720. The van der Waals surface area contributed by atoms with E-state index in [2.05, 4.69) is 0 Å². The smallest absolute Gasteiger partial charge is 0.299 e. The van der Waals surface area contributed by atoms with E-state index in [1.807, 2.05) is 0 Å². The van der Waals surface area contributed by atoms with Crippen molar-refractivity contribution in [1.82, 2.24) is 6.15 Å². The third-order valence-electron chi connectivity index (χ3n) is 0. The molecular formula is H7NO6S2. The van der Waals surface area contributed by atoms with Gasteiger partial charge < -0.3 is 6.15 Å². The lowest BCUT2D eigenvalue weighted by Gasteiger charge is -1.59. The lowest BCUT2D eigenvalue weighted by Crippen LogP contribution is -1.74. The summed E-state index contributed by atoms with van der Waals surface area (Å²) in [6.07, 6.45) is 0. The molecule has 0 aliphatic heterocycles. The van der Waals surface area contributed by atoms with Gasteiger partial charge in [0, 0.05) is 0 Å². The molecule has 0 amide bonds. The molecule has 0 spiro atoms. The van der Waals surface area contributed by atoms with Crippen molar-refractivity contribution in [3.05, 3.63) is 0 Å². The van der Waals surface area contributed by atoms with Gasteiger partial charge in [-0.2, -0.15) is 8.42 Å². The van der Waals surface area contributed by atoms with Gasteiger partial charge in [-0.3, -0.25) is 18.2 Å². The van der Waals surface area contributed by atoms with E-state index in [1.54, 1.807) is 0 Å². The van der Waals surface area contributed by atoms with E-state index >= 15 is 0 Å². The molecule has 0 aromatic carbocycles. The molecule has 7 nitrogen and oxygen atoms in total. The third-order valence-corrected chi connectivity index (χ3v) is 0. The third kappa shape index (κ3) is 30100. The van der Waals surface area contributed by atoms with Gasteiger partial charge in [-0.05, 0) is 0 Å². The molecule has 0 heterocycles. The molecule has 60 valence electrons. The lowest BCUT2D eigenvalue weighted by atomic mass is 14.0. The van der Waals surface area contributed by atoms with Crippen molar-refractivity contribution in [1.29, 1.82) is 0 Å². The van der Waals surface area contributed by atoms with Gasteiger partial charge in [-0.15, -0.1) is 0 Å². The minimum absolute atomic E-state index is 0. The van der Waals surface area contributed by atoms with E-state index in [0.29, 0.717) is 0 Å². The standard InChI is InChI=1S/H3N.2H2O3S/c;2*1-4(2)3/h1H3;2*(H2,1,2,3). The van der Waals surface area contributed by atoms with Crippen molar-refractivity contribution in [2.75, 3.05) is 0 Å². The van der Waals surface area contributed by atoms with Crippen LogP contribution in [0.3, 0.4) is 0 Å². The normalized spacial score (nSPS) is 7.78. The van der Waals surface area contributed by atoms with Gasteiger partial charge in [0.1, 0.15) is 0 Å². The number of hydrogen-bond acceptors (Lipinski definition) is 3. The Morgan fingerprint density at radius 1 is 0.778 bits per heavy atom. The Morgan fingerprint density at radius 2 is 0.778 bits per heavy atom. The average molecular weight is 181 g/mol. The number of hydrogen-bond donors (Lipinski definition) is 5. The molecule has 0 saturated heterocycles. The molecule has 7 N–H and O–H groups in total. The van der Waals surface area contributed by atoms with Gasteiger partial charge in [0.15, 0.2) is 0 Å². The predicted molar refractivity (Wildman–Crippen MR) is 31.8 cm³/mol. The van der Waals surface area contributed by atoms with Gasteiger partial charge in [0.05, 0.1) is 0 Å². The van der Waals surface area contributed by atoms with Crippen LogP contribution in [0.2, 0.25) is 0 Å². The molecule has 0 saturated carbocycles. The second-order valence-electron chi connectivity index (χ2n) is 0.461. The van der Waals surface area contributed by atoms with Gasteiger partial charge in [-0.1, -0.05) is 0 Å². The van der Waals surface area contributed by atoms with Crippen LogP contribution >= 0.6 is 0 Å². The summed E-state index contributed by atoms with van der Waals surface area (Å²) < 4.78 is 45.7. The van der Waals surface area contributed by atoms with Crippen molar-refractivity contribution in [3.8, 4) is 0 Å². The fraction of sp³-hybridized carbons (Fsp3) is 0. The van der Waals surface area contributed by atoms with Crippen LogP contribution in [0, 0.1) is 0 Å². The monoisotopic (exact) mass is 181 g/mol. The second kappa shape index (κ2) is 11.0. The zero-order valence-electron chi connectivity index (χ0n) is 4.13. The Morgan fingerprint density at radius 3 is 0.778 bits per heavy atom. The zero-order chi connectivity index (χ0) is 7.15. The summed E-state index contributed by atoms with van der Waals surface area (Å²) in [6, 6.07) is 0. The number of rotatable bonds is 0. The highest BCUT2D eigenvalue weighted by atomic mass is 32.2. The highest BCUT2D eigenvalue weighted by molar-refractivity contribution is 7.73. The SMILES string of the molecule is N.O=S(O)O.O=S(O)O. The maximum absolute atomic E-state index is 8.67. The molecule has 0 radical (unpaired) electrons. The Labute approximate surface area is 56.3 Å². The first-order chi connectivity index (χ1) is 3.46. The van der Waals surface area contributed by atoms with Crippen molar-refractivity contribution < 1.29 is 26.6 Å². The molecular weight excluding hydrogens is 174 g/mol. The fourth-order valence-corrected chi connectivity index (χ4v) is 0. The maximum Gasteiger partial charge on any atom is 0.299 e. The largest absolute Gasteiger partial charge is 0.344 e. The summed E-state index contributed by atoms with van der Waals surface area (Å²) in [4.78, 5) is 0. The van der Waals surface area contributed by atoms with E-state index in [4.69, 9.17) is 26.6 Å². The van der Waals surface area contributed by atoms with E-state index < -0.39 is 22.7 Å². The molecule has 0 aliphatic carbocycles. The zero-order valence-corrected chi connectivity index (χ0v) is 5.76. The van der Waals surface area contributed by atoms with Crippen molar-refractivity contribution in [3.63, 3.8) is 0 Å². The summed E-state index contributed by atoms with van der Waals surface area (Å²) >= 11 is -5.22. The van der Waals surface area contributed by atoms with E-state index in [0.717, 1.165) is 0 Å². The molecule has 9 heteroatoms. The van der Waals surface area contributed by atoms with Gasteiger partial charge in [0.25, 0.3) is 22.7 Å². The van der Waals surface area contributed by atoms with E-state index in [-0.39, 0.29) is 6.15 Å². The highest BCUT2D eigenvalue weighted by Crippen LogP contribution is 1.44. The fourth-order valence-electron chi connectivity index (χ4n) is 0. The molecule has 0 aromatic heterocycles. The first-order valence-corrected chi connectivity index (χ1v) is 3.19. The Bertz CT molecular complexity index is 69.1. The molecule has 0 rings (SSSR count). The van der Waals surface area contributed by atoms with E-state index in [9.17, 15) is 0 Å². The van der Waals surface area contributed by atoms with Crippen LogP contribution in [0.4, 0.5) is 0 Å². The summed E-state index contributed by atoms with van der Waals surface area (Å²) in [5.41, 5.74) is 0. The highest BCUT2D eigenvalue weighted by Gasteiger charge is 1.63. The van der Waals surface area contributed by atoms with Crippen molar-refractivity contribution in [2.45, 2.75) is 0 Å². The molecule has 0 aliphatic rings. The molecule has 9 heavy (non-hydrogen) atoms. The molecule has 0 fully saturated rings. The van der Waals surface area contributed by atoms with Crippen LogP contribution in [0.15, 0.2) is 0 Å². The average Bonchev–Trinajstić information content (AvgIpc) is 1.25. The minimum atomic E-state index is -2.61. The second-order valence-corrected chi connectivity index (χ2v) is 1.38.